The molecule has 3 nitrogen and oxygen atoms in total. The third-order valence-electron chi connectivity index (χ3n) is 1.75. The molecule has 0 saturated heterocycles. The Kier molecular flexibility index (Phi) is 1.95. The van der Waals surface area contributed by atoms with E-state index < -0.39 is 0 Å². The van der Waals surface area contributed by atoms with Gasteiger partial charge in [-0.25, -0.2) is 0 Å². The van der Waals surface area contributed by atoms with E-state index in [1.165, 1.54) is 0 Å². The highest BCUT2D eigenvalue weighted by atomic mass is 16.5. The molecule has 0 spiro atoms. The Morgan fingerprint density at radius 3 is 2.79 bits per heavy atom. The molecule has 0 N–H and O–H groups in total. The predicted molar refractivity (Wildman–Crippen MR) is 54.4 cm³/mol. The van der Waals surface area contributed by atoms with Gasteiger partial charge in [-0.15, -0.1) is 0 Å². The van der Waals surface area contributed by atoms with Crippen LogP contribution in [0.2, 0.25) is 0 Å². The number of fused-ring (bicyclic) bond motifs is 1. The lowest BCUT2D eigenvalue weighted by Crippen LogP contribution is -2.22. The van der Waals surface area contributed by atoms with Crippen LogP contribution in [0, 0.1) is 0 Å². The van der Waals surface area contributed by atoms with Gasteiger partial charge in [-0.05, 0) is 39.0 Å². The SMILES string of the molecule is CC(C)(C)Oc1ccc2oncc2c1. The lowest BCUT2D eigenvalue weighted by atomic mass is 10.2. The minimum Gasteiger partial charge on any atom is -0.488 e. The Hall–Kier alpha value is -1.51. The van der Waals surface area contributed by atoms with Crippen LogP contribution in [-0.4, -0.2) is 10.8 Å². The molecule has 0 amide bonds. The summed E-state index contributed by atoms with van der Waals surface area (Å²) >= 11 is 0. The lowest BCUT2D eigenvalue weighted by Gasteiger charge is -2.20. The summed E-state index contributed by atoms with van der Waals surface area (Å²) in [6, 6.07) is 5.68. The fraction of sp³-hybridized carbons (Fsp3) is 0.364. The maximum absolute atomic E-state index is 5.71. The lowest BCUT2D eigenvalue weighted by molar-refractivity contribution is 0.131. The van der Waals surface area contributed by atoms with Crippen molar-refractivity contribution in [3.8, 4) is 5.75 Å². The van der Waals surface area contributed by atoms with Gasteiger partial charge in [-0.1, -0.05) is 5.16 Å². The van der Waals surface area contributed by atoms with Gasteiger partial charge in [0.15, 0.2) is 5.58 Å². The Morgan fingerprint density at radius 1 is 1.29 bits per heavy atom. The third-order valence-corrected chi connectivity index (χ3v) is 1.75. The Labute approximate surface area is 82.7 Å². The highest BCUT2D eigenvalue weighted by molar-refractivity contribution is 5.77. The predicted octanol–water partition coefficient (Wildman–Crippen LogP) is 3.01. The molecule has 1 heterocycles. The number of ether oxygens (including phenoxy) is 1. The average Bonchev–Trinajstić information content (AvgIpc) is 2.47. The molecular weight excluding hydrogens is 178 g/mol. The Bertz CT molecular complexity index is 440. The molecule has 0 aliphatic heterocycles. The molecule has 0 bridgehead atoms. The highest BCUT2D eigenvalue weighted by Crippen LogP contribution is 2.23. The fourth-order valence-electron chi connectivity index (χ4n) is 1.27. The molecule has 3 heteroatoms. The van der Waals surface area contributed by atoms with Crippen LogP contribution in [0.3, 0.4) is 0 Å². The first-order valence-electron chi connectivity index (χ1n) is 4.58. The van der Waals surface area contributed by atoms with Crippen molar-refractivity contribution in [3.63, 3.8) is 0 Å². The van der Waals surface area contributed by atoms with Crippen molar-refractivity contribution in [3.05, 3.63) is 24.4 Å². The van der Waals surface area contributed by atoms with Crippen LogP contribution in [0.4, 0.5) is 0 Å². The van der Waals surface area contributed by atoms with E-state index in [2.05, 4.69) is 5.16 Å². The Morgan fingerprint density at radius 2 is 2.07 bits per heavy atom. The van der Waals surface area contributed by atoms with Crippen LogP contribution in [0.5, 0.6) is 5.75 Å². The van der Waals surface area contributed by atoms with E-state index in [1.807, 2.05) is 39.0 Å². The summed E-state index contributed by atoms with van der Waals surface area (Å²) in [5, 5.41) is 4.67. The van der Waals surface area contributed by atoms with Crippen LogP contribution < -0.4 is 4.74 Å². The summed E-state index contributed by atoms with van der Waals surface area (Å²) in [7, 11) is 0. The highest BCUT2D eigenvalue weighted by Gasteiger charge is 2.12. The monoisotopic (exact) mass is 191 g/mol. The summed E-state index contributed by atoms with van der Waals surface area (Å²) in [6.45, 7) is 6.06. The van der Waals surface area contributed by atoms with E-state index >= 15 is 0 Å². The van der Waals surface area contributed by atoms with Gasteiger partial charge in [0.05, 0.1) is 6.20 Å². The zero-order valence-electron chi connectivity index (χ0n) is 8.57. The summed E-state index contributed by atoms with van der Waals surface area (Å²) in [5.41, 5.74) is 0.608. The van der Waals surface area contributed by atoms with Gasteiger partial charge < -0.3 is 9.26 Å². The van der Waals surface area contributed by atoms with E-state index in [9.17, 15) is 0 Å². The van der Waals surface area contributed by atoms with Crippen LogP contribution in [-0.2, 0) is 0 Å². The molecule has 0 saturated carbocycles. The largest absolute Gasteiger partial charge is 0.488 e. The summed E-state index contributed by atoms with van der Waals surface area (Å²) in [6.07, 6.45) is 1.69. The van der Waals surface area contributed by atoms with Crippen molar-refractivity contribution >= 4 is 11.0 Å². The number of hydrogen-bond donors (Lipinski definition) is 0. The number of nitrogens with zero attached hydrogens (tertiary/aromatic N) is 1. The average molecular weight is 191 g/mol. The first kappa shape index (κ1) is 9.06. The third kappa shape index (κ3) is 1.87. The first-order chi connectivity index (χ1) is 6.54. The molecule has 0 fully saturated rings. The van der Waals surface area contributed by atoms with Crippen molar-refractivity contribution in [1.29, 1.82) is 0 Å². The molecule has 2 aromatic rings. The minimum atomic E-state index is -0.176. The molecule has 0 atom stereocenters. The van der Waals surface area contributed by atoms with Gasteiger partial charge in [-0.3, -0.25) is 0 Å². The maximum atomic E-state index is 5.71. The van der Waals surface area contributed by atoms with Crippen molar-refractivity contribution in [2.75, 3.05) is 0 Å². The van der Waals surface area contributed by atoms with Gasteiger partial charge in [0.2, 0.25) is 0 Å². The molecule has 74 valence electrons. The molecule has 0 aliphatic carbocycles. The number of aromatic nitrogens is 1. The standard InChI is InChI=1S/C11H13NO2/c1-11(2,3)13-9-4-5-10-8(6-9)7-12-14-10/h4-7H,1-3H3. The van der Waals surface area contributed by atoms with Gasteiger partial charge in [0.25, 0.3) is 0 Å². The minimum absolute atomic E-state index is 0.176. The van der Waals surface area contributed by atoms with Crippen molar-refractivity contribution < 1.29 is 9.26 Å². The van der Waals surface area contributed by atoms with Crippen molar-refractivity contribution in [2.45, 2.75) is 26.4 Å². The molecule has 1 aromatic heterocycles. The molecule has 1 aromatic carbocycles. The van der Waals surface area contributed by atoms with E-state index in [-0.39, 0.29) is 5.60 Å². The molecule has 2 rings (SSSR count). The van der Waals surface area contributed by atoms with E-state index in [0.717, 1.165) is 16.7 Å². The van der Waals surface area contributed by atoms with Crippen LogP contribution >= 0.6 is 0 Å². The summed E-state index contributed by atoms with van der Waals surface area (Å²) in [4.78, 5) is 0. The van der Waals surface area contributed by atoms with Crippen LogP contribution in [0.1, 0.15) is 20.8 Å². The van der Waals surface area contributed by atoms with E-state index in [1.54, 1.807) is 6.20 Å². The topological polar surface area (TPSA) is 35.3 Å². The first-order valence-corrected chi connectivity index (χ1v) is 4.58. The van der Waals surface area contributed by atoms with Gasteiger partial charge >= 0.3 is 0 Å². The van der Waals surface area contributed by atoms with Gasteiger partial charge in [-0.2, -0.15) is 0 Å². The second kappa shape index (κ2) is 3.01. The smallest absolute Gasteiger partial charge is 0.167 e. The Balaban J connectivity index is 2.35. The van der Waals surface area contributed by atoms with Gasteiger partial charge in [0.1, 0.15) is 11.4 Å². The fourth-order valence-corrected chi connectivity index (χ4v) is 1.27. The summed E-state index contributed by atoms with van der Waals surface area (Å²) in [5.74, 6) is 0.841. The van der Waals surface area contributed by atoms with Crippen LogP contribution in [0.25, 0.3) is 11.0 Å². The molecular formula is C11H13NO2. The quantitative estimate of drug-likeness (QED) is 0.695. The molecule has 0 radical (unpaired) electrons. The number of benzene rings is 1. The molecule has 0 unspecified atom stereocenters. The molecule has 0 aliphatic rings. The van der Waals surface area contributed by atoms with Crippen molar-refractivity contribution in [2.24, 2.45) is 0 Å². The van der Waals surface area contributed by atoms with E-state index in [0.29, 0.717) is 0 Å². The second-order valence-electron chi connectivity index (χ2n) is 4.24. The maximum Gasteiger partial charge on any atom is 0.167 e. The van der Waals surface area contributed by atoms with E-state index in [4.69, 9.17) is 9.26 Å². The zero-order valence-corrected chi connectivity index (χ0v) is 8.57. The van der Waals surface area contributed by atoms with Crippen molar-refractivity contribution in [1.82, 2.24) is 5.16 Å². The molecule has 14 heavy (non-hydrogen) atoms. The number of hydrogen-bond acceptors (Lipinski definition) is 3. The number of rotatable bonds is 1. The second-order valence-corrected chi connectivity index (χ2v) is 4.24. The normalized spacial score (nSPS) is 11.9. The van der Waals surface area contributed by atoms with Gasteiger partial charge in [0, 0.05) is 5.39 Å². The zero-order chi connectivity index (χ0) is 10.2. The van der Waals surface area contributed by atoms with Crippen LogP contribution in [0.15, 0.2) is 28.9 Å². The summed E-state index contributed by atoms with van der Waals surface area (Å²) < 4.78 is 10.7.